The summed E-state index contributed by atoms with van der Waals surface area (Å²) in [6, 6.07) is -0.481. The molecule has 8 heteroatoms. The second kappa shape index (κ2) is 6.90. The Morgan fingerprint density at radius 2 is 2.00 bits per heavy atom. The SMILES string of the molecule is CCn1c(SC(C)C(=O)NC(=O)NC(C)(C)C)nnc1C1CC1. The molecule has 0 aliphatic heterocycles. The van der Waals surface area contributed by atoms with Crippen molar-refractivity contribution in [2.75, 3.05) is 0 Å². The number of hydrogen-bond acceptors (Lipinski definition) is 5. The Labute approximate surface area is 141 Å². The molecule has 0 aromatic carbocycles. The average molecular weight is 339 g/mol. The fraction of sp³-hybridized carbons (Fsp3) is 0.733. The van der Waals surface area contributed by atoms with Gasteiger partial charge in [0.15, 0.2) is 5.16 Å². The molecule has 2 rings (SSSR count). The van der Waals surface area contributed by atoms with E-state index in [1.165, 1.54) is 11.8 Å². The van der Waals surface area contributed by atoms with E-state index in [-0.39, 0.29) is 11.4 Å². The number of amides is 3. The number of carbonyl (C=O) groups is 2. The lowest BCUT2D eigenvalue weighted by molar-refractivity contribution is -0.119. The van der Waals surface area contributed by atoms with Gasteiger partial charge in [-0.1, -0.05) is 11.8 Å². The van der Waals surface area contributed by atoms with Crippen molar-refractivity contribution in [3.05, 3.63) is 5.82 Å². The van der Waals surface area contributed by atoms with Gasteiger partial charge >= 0.3 is 6.03 Å². The zero-order valence-electron chi connectivity index (χ0n) is 14.3. The predicted octanol–water partition coefficient (Wildman–Crippen LogP) is 2.28. The summed E-state index contributed by atoms with van der Waals surface area (Å²) in [6.45, 7) is 10.2. The van der Waals surface area contributed by atoms with Crippen molar-refractivity contribution in [3.8, 4) is 0 Å². The number of rotatable bonds is 5. The van der Waals surface area contributed by atoms with E-state index in [4.69, 9.17) is 0 Å². The van der Waals surface area contributed by atoms with Crippen LogP contribution in [0.3, 0.4) is 0 Å². The number of nitrogens with zero attached hydrogens (tertiary/aromatic N) is 3. The van der Waals surface area contributed by atoms with Crippen LogP contribution in [-0.4, -0.2) is 37.5 Å². The monoisotopic (exact) mass is 339 g/mol. The molecule has 0 saturated heterocycles. The first kappa shape index (κ1) is 17.8. The lowest BCUT2D eigenvalue weighted by Crippen LogP contribution is -2.49. The molecular weight excluding hydrogens is 314 g/mol. The van der Waals surface area contributed by atoms with Gasteiger partial charge in [-0.3, -0.25) is 10.1 Å². The van der Waals surface area contributed by atoms with E-state index in [2.05, 4.69) is 25.4 Å². The van der Waals surface area contributed by atoms with Gasteiger partial charge < -0.3 is 9.88 Å². The van der Waals surface area contributed by atoms with E-state index in [0.29, 0.717) is 5.92 Å². The summed E-state index contributed by atoms with van der Waals surface area (Å²) in [5.74, 6) is 1.18. The second-order valence-corrected chi connectivity index (χ2v) is 8.12. The molecule has 7 nitrogen and oxygen atoms in total. The van der Waals surface area contributed by atoms with E-state index in [0.717, 1.165) is 30.4 Å². The molecule has 1 aliphatic rings. The minimum atomic E-state index is -0.481. The van der Waals surface area contributed by atoms with Gasteiger partial charge in [0.1, 0.15) is 5.82 Å². The standard InChI is InChI=1S/C15H25N5O2S/c1-6-20-11(10-7-8-10)18-19-14(20)23-9(2)12(21)16-13(22)17-15(3,4)5/h9-10H,6-8H2,1-5H3,(H2,16,17,21,22). The van der Waals surface area contributed by atoms with E-state index < -0.39 is 11.3 Å². The molecule has 1 unspecified atom stereocenters. The maximum absolute atomic E-state index is 12.1. The quantitative estimate of drug-likeness (QED) is 0.804. The molecule has 0 radical (unpaired) electrons. The van der Waals surface area contributed by atoms with Gasteiger partial charge in [0.25, 0.3) is 0 Å². The molecule has 1 aromatic rings. The molecular formula is C15H25N5O2S. The van der Waals surface area contributed by atoms with Gasteiger partial charge in [-0.05, 0) is 47.5 Å². The highest BCUT2D eigenvalue weighted by atomic mass is 32.2. The van der Waals surface area contributed by atoms with Crippen molar-refractivity contribution >= 4 is 23.7 Å². The highest BCUT2D eigenvalue weighted by molar-refractivity contribution is 8.00. The van der Waals surface area contributed by atoms with Gasteiger partial charge in [-0.15, -0.1) is 10.2 Å². The van der Waals surface area contributed by atoms with E-state index >= 15 is 0 Å². The van der Waals surface area contributed by atoms with Crippen LogP contribution < -0.4 is 10.6 Å². The van der Waals surface area contributed by atoms with E-state index in [1.807, 2.05) is 27.7 Å². The summed E-state index contributed by atoms with van der Waals surface area (Å²) in [7, 11) is 0. The van der Waals surface area contributed by atoms with Gasteiger partial charge in [-0.25, -0.2) is 4.79 Å². The van der Waals surface area contributed by atoms with Crippen molar-refractivity contribution in [2.24, 2.45) is 0 Å². The minimum absolute atomic E-state index is 0.338. The second-order valence-electron chi connectivity index (χ2n) is 6.81. The van der Waals surface area contributed by atoms with Crippen molar-refractivity contribution in [1.82, 2.24) is 25.4 Å². The van der Waals surface area contributed by atoms with E-state index in [1.54, 1.807) is 6.92 Å². The fourth-order valence-corrected chi connectivity index (χ4v) is 3.05. The van der Waals surface area contributed by atoms with Crippen LogP contribution in [0.1, 0.15) is 59.2 Å². The molecule has 2 N–H and O–H groups in total. The fourth-order valence-electron chi connectivity index (χ4n) is 2.12. The summed E-state index contributed by atoms with van der Waals surface area (Å²) in [5, 5.41) is 13.8. The number of carbonyl (C=O) groups excluding carboxylic acids is 2. The number of thioether (sulfide) groups is 1. The van der Waals surface area contributed by atoms with Crippen LogP contribution in [0.25, 0.3) is 0 Å². The highest BCUT2D eigenvalue weighted by Gasteiger charge is 2.31. The Kier molecular flexibility index (Phi) is 5.33. The molecule has 1 saturated carbocycles. The van der Waals surface area contributed by atoms with Crippen LogP contribution >= 0.6 is 11.8 Å². The zero-order valence-corrected chi connectivity index (χ0v) is 15.2. The molecule has 0 spiro atoms. The maximum Gasteiger partial charge on any atom is 0.321 e. The first-order valence-corrected chi connectivity index (χ1v) is 8.82. The third-order valence-electron chi connectivity index (χ3n) is 3.38. The summed E-state index contributed by atoms with van der Waals surface area (Å²) >= 11 is 1.33. The summed E-state index contributed by atoms with van der Waals surface area (Å²) in [5.41, 5.74) is -0.387. The number of aromatic nitrogens is 3. The maximum atomic E-state index is 12.1. The number of imide groups is 1. The molecule has 128 valence electrons. The first-order valence-electron chi connectivity index (χ1n) is 7.94. The lowest BCUT2D eigenvalue weighted by atomic mass is 10.1. The van der Waals surface area contributed by atoms with Gasteiger partial charge in [0.2, 0.25) is 5.91 Å². The number of hydrogen-bond donors (Lipinski definition) is 2. The Morgan fingerprint density at radius 1 is 1.35 bits per heavy atom. The summed E-state index contributed by atoms with van der Waals surface area (Å²) in [4.78, 5) is 23.9. The molecule has 1 fully saturated rings. The largest absolute Gasteiger partial charge is 0.333 e. The smallest absolute Gasteiger partial charge is 0.321 e. The predicted molar refractivity (Wildman–Crippen MR) is 89.4 cm³/mol. The Bertz CT molecular complexity index is 589. The molecule has 23 heavy (non-hydrogen) atoms. The zero-order chi connectivity index (χ0) is 17.2. The number of nitrogens with one attached hydrogen (secondary N) is 2. The third-order valence-corrected chi connectivity index (χ3v) is 4.46. The normalized spacial score (nSPS) is 16.0. The highest BCUT2D eigenvalue weighted by Crippen LogP contribution is 2.40. The Hall–Kier alpha value is -1.57. The number of urea groups is 1. The van der Waals surface area contributed by atoms with Crippen LogP contribution in [0.4, 0.5) is 4.79 Å². The summed E-state index contributed by atoms with van der Waals surface area (Å²) < 4.78 is 2.06. The molecule has 3 amide bonds. The summed E-state index contributed by atoms with van der Waals surface area (Å²) in [6.07, 6.45) is 2.32. The van der Waals surface area contributed by atoms with Crippen LogP contribution in [0.5, 0.6) is 0 Å². The van der Waals surface area contributed by atoms with Gasteiger partial charge in [0.05, 0.1) is 5.25 Å². The van der Waals surface area contributed by atoms with Crippen LogP contribution in [0.2, 0.25) is 0 Å². The van der Waals surface area contributed by atoms with E-state index in [9.17, 15) is 9.59 Å². The van der Waals surface area contributed by atoms with Crippen LogP contribution in [0, 0.1) is 0 Å². The molecule has 1 aliphatic carbocycles. The van der Waals surface area contributed by atoms with Crippen molar-refractivity contribution in [2.45, 2.75) is 75.9 Å². The Balaban J connectivity index is 1.94. The lowest BCUT2D eigenvalue weighted by Gasteiger charge is -2.21. The molecule has 1 heterocycles. The van der Waals surface area contributed by atoms with Crippen molar-refractivity contribution < 1.29 is 9.59 Å². The average Bonchev–Trinajstić information content (AvgIpc) is 3.18. The van der Waals surface area contributed by atoms with Crippen molar-refractivity contribution in [3.63, 3.8) is 0 Å². The molecule has 0 bridgehead atoms. The Morgan fingerprint density at radius 3 is 2.52 bits per heavy atom. The molecule has 1 aromatic heterocycles. The first-order chi connectivity index (χ1) is 10.7. The van der Waals surface area contributed by atoms with Crippen LogP contribution in [-0.2, 0) is 11.3 Å². The van der Waals surface area contributed by atoms with Crippen LogP contribution in [0.15, 0.2) is 5.16 Å². The van der Waals surface area contributed by atoms with Gasteiger partial charge in [-0.2, -0.15) is 0 Å². The van der Waals surface area contributed by atoms with Gasteiger partial charge in [0, 0.05) is 18.0 Å². The minimum Gasteiger partial charge on any atom is -0.333 e. The topological polar surface area (TPSA) is 88.9 Å². The molecule has 1 atom stereocenters. The van der Waals surface area contributed by atoms with Crippen molar-refractivity contribution in [1.29, 1.82) is 0 Å². The third kappa shape index (κ3) is 4.95.